The summed E-state index contributed by atoms with van der Waals surface area (Å²) in [7, 11) is 0. The highest BCUT2D eigenvalue weighted by Crippen LogP contribution is 2.27. The molecule has 0 heterocycles. The average molecular weight is 328 g/mol. The van der Waals surface area contributed by atoms with Crippen molar-refractivity contribution in [3.05, 3.63) is 39.9 Å². The summed E-state index contributed by atoms with van der Waals surface area (Å²) in [6.07, 6.45) is 4.44. The fourth-order valence-electron chi connectivity index (χ4n) is 2.74. The van der Waals surface area contributed by atoms with Gasteiger partial charge in [0.05, 0.1) is 16.5 Å². The molecule has 0 radical (unpaired) electrons. The van der Waals surface area contributed by atoms with E-state index in [4.69, 9.17) is 5.73 Å². The predicted octanol–water partition coefficient (Wildman–Crippen LogP) is 2.86. The van der Waals surface area contributed by atoms with Crippen molar-refractivity contribution in [3.8, 4) is 0 Å². The fraction of sp³-hybridized carbons (Fsp3) is 0.533. The Labute approximate surface area is 136 Å². The molecule has 22 heavy (non-hydrogen) atoms. The first-order valence-electron chi connectivity index (χ1n) is 7.26. The second-order valence-corrected chi connectivity index (χ2v) is 5.76. The van der Waals surface area contributed by atoms with Crippen LogP contribution >= 0.6 is 12.4 Å². The Hall–Kier alpha value is -1.66. The van der Waals surface area contributed by atoms with Crippen molar-refractivity contribution in [1.82, 2.24) is 5.32 Å². The highest BCUT2D eigenvalue weighted by atomic mass is 35.5. The first-order chi connectivity index (χ1) is 9.92. The van der Waals surface area contributed by atoms with Crippen molar-refractivity contribution >= 4 is 24.0 Å². The lowest BCUT2D eigenvalue weighted by Gasteiger charge is -2.33. The summed E-state index contributed by atoms with van der Waals surface area (Å²) in [4.78, 5) is 22.7. The van der Waals surface area contributed by atoms with Gasteiger partial charge in [-0.25, -0.2) is 0 Å². The zero-order chi connectivity index (χ0) is 15.5. The monoisotopic (exact) mass is 327 g/mol. The first kappa shape index (κ1) is 18.4. The van der Waals surface area contributed by atoms with Gasteiger partial charge >= 0.3 is 0 Å². The Balaban J connectivity index is 0.00000242. The molecule has 1 fully saturated rings. The molecule has 0 aliphatic heterocycles. The van der Waals surface area contributed by atoms with Crippen LogP contribution < -0.4 is 11.1 Å². The van der Waals surface area contributed by atoms with Crippen molar-refractivity contribution in [2.75, 3.05) is 0 Å². The molecule has 1 saturated carbocycles. The maximum absolute atomic E-state index is 12.4. The van der Waals surface area contributed by atoms with Crippen LogP contribution in [0.5, 0.6) is 0 Å². The summed E-state index contributed by atoms with van der Waals surface area (Å²) in [5.74, 6) is -0.166. The molecule has 6 nitrogen and oxygen atoms in total. The molecule has 1 amide bonds. The second kappa shape index (κ2) is 7.56. The van der Waals surface area contributed by atoms with Crippen LogP contribution in [-0.4, -0.2) is 16.4 Å². The number of hydrogen-bond donors (Lipinski definition) is 2. The van der Waals surface area contributed by atoms with Gasteiger partial charge in [0.1, 0.15) is 0 Å². The number of amides is 1. The maximum atomic E-state index is 12.4. The third-order valence-corrected chi connectivity index (χ3v) is 4.13. The summed E-state index contributed by atoms with van der Waals surface area (Å²) in [6.45, 7) is 1.81. The van der Waals surface area contributed by atoms with Crippen LogP contribution in [0.3, 0.4) is 0 Å². The number of nitrogens with one attached hydrogen (secondary N) is 1. The van der Waals surface area contributed by atoms with Gasteiger partial charge in [0.2, 0.25) is 5.91 Å². The second-order valence-electron chi connectivity index (χ2n) is 5.76. The molecule has 1 aliphatic carbocycles. The summed E-state index contributed by atoms with van der Waals surface area (Å²) in [6, 6.07) is 6.00. The minimum Gasteiger partial charge on any atom is -0.348 e. The quantitative estimate of drug-likeness (QED) is 0.656. The highest BCUT2D eigenvalue weighted by molar-refractivity contribution is 5.86. The Kier molecular flexibility index (Phi) is 6.32. The molecular formula is C15H22ClN3O3. The van der Waals surface area contributed by atoms with E-state index >= 15 is 0 Å². The molecule has 7 heteroatoms. The van der Waals surface area contributed by atoms with Crippen LogP contribution in [0.4, 0.5) is 5.69 Å². The summed E-state index contributed by atoms with van der Waals surface area (Å²) in [5.41, 5.74) is 6.12. The minimum atomic E-state index is -0.798. The van der Waals surface area contributed by atoms with E-state index in [0.717, 1.165) is 19.3 Å². The Bertz CT molecular complexity index is 545. The molecule has 1 atom stereocenters. The SMILES string of the molecule is CC(NC(=O)C1(N)CCCCC1)c1cccc([N+](=O)[O-])c1.Cl. The third-order valence-electron chi connectivity index (χ3n) is 4.13. The Morgan fingerprint density at radius 1 is 1.36 bits per heavy atom. The van der Waals surface area contributed by atoms with Crippen molar-refractivity contribution in [1.29, 1.82) is 0 Å². The minimum absolute atomic E-state index is 0. The van der Waals surface area contributed by atoms with Gasteiger partial charge in [-0.15, -0.1) is 12.4 Å². The number of nitro groups is 1. The van der Waals surface area contributed by atoms with Gasteiger partial charge in [-0.05, 0) is 25.3 Å². The number of halogens is 1. The molecule has 0 saturated heterocycles. The third kappa shape index (κ3) is 4.18. The van der Waals surface area contributed by atoms with E-state index in [0.29, 0.717) is 18.4 Å². The van der Waals surface area contributed by atoms with Crippen molar-refractivity contribution in [2.24, 2.45) is 5.73 Å². The molecule has 1 aromatic carbocycles. The van der Waals surface area contributed by atoms with Gasteiger partial charge in [-0.2, -0.15) is 0 Å². The number of hydrogen-bond acceptors (Lipinski definition) is 4. The number of nitro benzene ring substituents is 1. The van der Waals surface area contributed by atoms with Crippen LogP contribution in [0.25, 0.3) is 0 Å². The molecule has 0 bridgehead atoms. The van der Waals surface area contributed by atoms with Gasteiger partial charge < -0.3 is 11.1 Å². The van der Waals surface area contributed by atoms with Crippen LogP contribution in [-0.2, 0) is 4.79 Å². The van der Waals surface area contributed by atoms with E-state index in [2.05, 4.69) is 5.32 Å². The summed E-state index contributed by atoms with van der Waals surface area (Å²) < 4.78 is 0. The van der Waals surface area contributed by atoms with Gasteiger partial charge in [0.25, 0.3) is 5.69 Å². The number of rotatable bonds is 4. The number of non-ortho nitro benzene ring substituents is 1. The molecule has 1 unspecified atom stereocenters. The lowest BCUT2D eigenvalue weighted by molar-refractivity contribution is -0.384. The van der Waals surface area contributed by atoms with E-state index in [9.17, 15) is 14.9 Å². The van der Waals surface area contributed by atoms with E-state index in [1.54, 1.807) is 12.1 Å². The summed E-state index contributed by atoms with van der Waals surface area (Å²) >= 11 is 0. The number of nitrogens with two attached hydrogens (primary N) is 1. The molecule has 1 aromatic rings. The molecular weight excluding hydrogens is 306 g/mol. The number of nitrogens with zero attached hydrogens (tertiary/aromatic N) is 1. The average Bonchev–Trinajstić information content (AvgIpc) is 2.48. The van der Waals surface area contributed by atoms with E-state index in [-0.39, 0.29) is 30.0 Å². The fourth-order valence-corrected chi connectivity index (χ4v) is 2.74. The highest BCUT2D eigenvalue weighted by Gasteiger charge is 2.35. The van der Waals surface area contributed by atoms with E-state index < -0.39 is 10.5 Å². The van der Waals surface area contributed by atoms with Crippen molar-refractivity contribution in [3.63, 3.8) is 0 Å². The van der Waals surface area contributed by atoms with Gasteiger partial charge in [0, 0.05) is 12.1 Å². The zero-order valence-electron chi connectivity index (χ0n) is 12.6. The number of carbonyl (C=O) groups is 1. The number of benzene rings is 1. The molecule has 2 rings (SSSR count). The van der Waals surface area contributed by atoms with Crippen molar-refractivity contribution < 1.29 is 9.72 Å². The van der Waals surface area contributed by atoms with Gasteiger partial charge in [0.15, 0.2) is 0 Å². The standard InChI is InChI=1S/C15H21N3O3.ClH/c1-11(12-6-5-7-13(10-12)18(20)21)17-14(19)15(16)8-3-2-4-9-15;/h5-7,10-11H,2-4,8-9,16H2,1H3,(H,17,19);1H. The Morgan fingerprint density at radius 3 is 2.59 bits per heavy atom. The Morgan fingerprint density at radius 2 is 2.00 bits per heavy atom. The summed E-state index contributed by atoms with van der Waals surface area (Å²) in [5, 5.41) is 13.7. The normalized spacial score (nSPS) is 17.9. The van der Waals surface area contributed by atoms with E-state index in [1.807, 2.05) is 6.92 Å². The molecule has 0 aromatic heterocycles. The number of carbonyl (C=O) groups excluding carboxylic acids is 1. The van der Waals surface area contributed by atoms with Gasteiger partial charge in [-0.1, -0.05) is 31.4 Å². The largest absolute Gasteiger partial charge is 0.348 e. The smallest absolute Gasteiger partial charge is 0.269 e. The lowest BCUT2D eigenvalue weighted by Crippen LogP contribution is -2.55. The van der Waals surface area contributed by atoms with Crippen molar-refractivity contribution in [2.45, 2.75) is 50.6 Å². The lowest BCUT2D eigenvalue weighted by atomic mass is 9.81. The van der Waals surface area contributed by atoms with Crippen LogP contribution in [0.2, 0.25) is 0 Å². The molecule has 3 N–H and O–H groups in total. The topological polar surface area (TPSA) is 98.3 Å². The van der Waals surface area contributed by atoms with Crippen LogP contribution in [0.15, 0.2) is 24.3 Å². The van der Waals surface area contributed by atoms with Crippen LogP contribution in [0, 0.1) is 10.1 Å². The van der Waals surface area contributed by atoms with Crippen LogP contribution in [0.1, 0.15) is 50.6 Å². The molecule has 1 aliphatic rings. The zero-order valence-corrected chi connectivity index (χ0v) is 13.4. The molecule has 0 spiro atoms. The first-order valence-corrected chi connectivity index (χ1v) is 7.26. The van der Waals surface area contributed by atoms with E-state index in [1.165, 1.54) is 12.1 Å². The predicted molar refractivity (Wildman–Crippen MR) is 86.9 cm³/mol. The maximum Gasteiger partial charge on any atom is 0.269 e. The molecule has 122 valence electrons. The van der Waals surface area contributed by atoms with Gasteiger partial charge in [-0.3, -0.25) is 14.9 Å².